The van der Waals surface area contributed by atoms with Crippen LogP contribution in [0.5, 0.6) is 0 Å². The molecule has 4 heteroatoms. The van der Waals surface area contributed by atoms with Gasteiger partial charge in [-0.15, -0.1) is 0 Å². The third kappa shape index (κ3) is 3.14. The molecule has 0 radical (unpaired) electrons. The van der Waals surface area contributed by atoms with E-state index < -0.39 is 0 Å². The lowest BCUT2D eigenvalue weighted by Crippen LogP contribution is -2.93. The molecule has 3 aliphatic rings. The van der Waals surface area contributed by atoms with E-state index in [1.165, 1.54) is 24.9 Å². The van der Waals surface area contributed by atoms with Crippen LogP contribution in [0.15, 0.2) is 30.3 Å². The molecule has 0 unspecified atom stereocenters. The molecular weight excluding hydrogens is 266 g/mol. The van der Waals surface area contributed by atoms with Crippen LogP contribution < -0.4 is 5.32 Å². The highest BCUT2D eigenvalue weighted by Crippen LogP contribution is 2.29. The largest absolute Gasteiger partial charge is 0.368 e. The van der Waals surface area contributed by atoms with E-state index in [0.717, 1.165) is 12.5 Å². The molecule has 2 heterocycles. The Morgan fingerprint density at radius 3 is 2.67 bits per heavy atom. The fourth-order valence-electron chi connectivity index (χ4n) is 3.34. The fourth-order valence-corrected chi connectivity index (χ4v) is 3.34. The smallest absolute Gasteiger partial charge is 0.140 e. The molecule has 3 fully saturated rings. The molecule has 2 aliphatic heterocycles. The van der Waals surface area contributed by atoms with Gasteiger partial charge in [-0.2, -0.15) is 0 Å². The van der Waals surface area contributed by atoms with Crippen molar-refractivity contribution in [1.82, 2.24) is 0 Å². The van der Waals surface area contributed by atoms with E-state index in [0.29, 0.717) is 19.3 Å². The van der Waals surface area contributed by atoms with Gasteiger partial charge in [-0.3, -0.25) is 0 Å². The van der Waals surface area contributed by atoms with Crippen molar-refractivity contribution in [2.24, 2.45) is 5.92 Å². The molecule has 0 amide bonds. The monoisotopic (exact) mass is 290 g/mol. The maximum absolute atomic E-state index is 6.03. The van der Waals surface area contributed by atoms with Crippen molar-refractivity contribution in [3.05, 3.63) is 35.9 Å². The summed E-state index contributed by atoms with van der Waals surface area (Å²) in [5.41, 5.74) is 1.20. The number of hydrogen-bond acceptors (Lipinski definition) is 3. The standard InChI is InChI=1S/C17H23NO3/c1-2-4-13(5-3-1)9-19-15-11-21-16-14(10-20-17(15)16)18-8-12-6-7-12/h1-5,12,14-18H,6-11H2/p+1/t14-,15+,16+,17+/m0/s1. The van der Waals surface area contributed by atoms with E-state index in [-0.39, 0.29) is 18.3 Å². The first-order valence-corrected chi connectivity index (χ1v) is 8.12. The first kappa shape index (κ1) is 13.7. The summed E-state index contributed by atoms with van der Waals surface area (Å²) in [4.78, 5) is 0. The maximum Gasteiger partial charge on any atom is 0.140 e. The zero-order chi connectivity index (χ0) is 14.1. The zero-order valence-electron chi connectivity index (χ0n) is 12.3. The molecule has 114 valence electrons. The Kier molecular flexibility index (Phi) is 3.95. The van der Waals surface area contributed by atoms with Gasteiger partial charge in [-0.1, -0.05) is 30.3 Å². The molecular formula is C17H24NO3+. The Morgan fingerprint density at radius 2 is 1.86 bits per heavy atom. The fraction of sp³-hybridized carbons (Fsp3) is 0.647. The molecule has 21 heavy (non-hydrogen) atoms. The number of quaternary nitrogens is 1. The Hall–Kier alpha value is -0.940. The molecule has 4 atom stereocenters. The Balaban J connectivity index is 1.28. The Bertz CT molecular complexity index is 462. The second-order valence-electron chi connectivity index (χ2n) is 6.51. The molecule has 0 bridgehead atoms. The first-order valence-electron chi connectivity index (χ1n) is 8.12. The SMILES string of the molecule is c1ccc(CO[C@@H]2CO[C@H]3[C@@H]2OC[C@@H]3[NH2+]CC2CC2)cc1. The van der Waals surface area contributed by atoms with Crippen molar-refractivity contribution in [2.75, 3.05) is 19.8 Å². The topological polar surface area (TPSA) is 44.3 Å². The molecule has 4 rings (SSSR count). The van der Waals surface area contributed by atoms with Crippen LogP contribution in [0.2, 0.25) is 0 Å². The summed E-state index contributed by atoms with van der Waals surface area (Å²) >= 11 is 0. The van der Waals surface area contributed by atoms with Gasteiger partial charge in [0, 0.05) is 5.92 Å². The average Bonchev–Trinajstić information content (AvgIpc) is 3.13. The lowest BCUT2D eigenvalue weighted by atomic mass is 10.1. The van der Waals surface area contributed by atoms with Gasteiger partial charge in [0.15, 0.2) is 0 Å². The number of benzene rings is 1. The summed E-state index contributed by atoms with van der Waals surface area (Å²) in [6.07, 6.45) is 3.22. The van der Waals surface area contributed by atoms with Crippen LogP contribution in [-0.4, -0.2) is 44.1 Å². The van der Waals surface area contributed by atoms with Crippen molar-refractivity contribution in [3.8, 4) is 0 Å². The molecule has 1 aromatic rings. The number of nitrogens with two attached hydrogens (primary N) is 1. The zero-order valence-corrected chi connectivity index (χ0v) is 12.3. The number of fused-ring (bicyclic) bond motifs is 1. The molecule has 0 aromatic heterocycles. The summed E-state index contributed by atoms with van der Waals surface area (Å²) in [7, 11) is 0. The van der Waals surface area contributed by atoms with Crippen LogP contribution >= 0.6 is 0 Å². The summed E-state index contributed by atoms with van der Waals surface area (Å²) < 4.78 is 17.9. The predicted molar refractivity (Wildman–Crippen MR) is 77.8 cm³/mol. The van der Waals surface area contributed by atoms with Gasteiger partial charge < -0.3 is 19.5 Å². The lowest BCUT2D eigenvalue weighted by molar-refractivity contribution is -0.695. The normalized spacial score (nSPS) is 35.0. The van der Waals surface area contributed by atoms with Gasteiger partial charge in [-0.25, -0.2) is 0 Å². The van der Waals surface area contributed by atoms with Gasteiger partial charge in [0.2, 0.25) is 0 Å². The molecule has 1 saturated carbocycles. The maximum atomic E-state index is 6.03. The lowest BCUT2D eigenvalue weighted by Gasteiger charge is -2.16. The van der Waals surface area contributed by atoms with E-state index in [1.807, 2.05) is 18.2 Å². The van der Waals surface area contributed by atoms with E-state index in [4.69, 9.17) is 14.2 Å². The van der Waals surface area contributed by atoms with E-state index in [2.05, 4.69) is 17.4 Å². The minimum atomic E-state index is 0.0783. The van der Waals surface area contributed by atoms with Crippen molar-refractivity contribution >= 4 is 0 Å². The Morgan fingerprint density at radius 1 is 1.05 bits per heavy atom. The number of hydrogen-bond donors (Lipinski definition) is 1. The summed E-state index contributed by atoms with van der Waals surface area (Å²) in [6, 6.07) is 10.8. The first-order chi connectivity index (χ1) is 10.4. The van der Waals surface area contributed by atoms with E-state index in [9.17, 15) is 0 Å². The predicted octanol–water partition coefficient (Wildman–Crippen LogP) is 0.711. The molecule has 1 aromatic carbocycles. The molecule has 1 aliphatic carbocycles. The van der Waals surface area contributed by atoms with Crippen LogP contribution in [-0.2, 0) is 20.8 Å². The van der Waals surface area contributed by atoms with Gasteiger partial charge in [0.05, 0.1) is 19.8 Å². The second-order valence-corrected chi connectivity index (χ2v) is 6.51. The second kappa shape index (κ2) is 6.05. The van der Waals surface area contributed by atoms with Crippen LogP contribution in [0.3, 0.4) is 0 Å². The molecule has 2 saturated heterocycles. The van der Waals surface area contributed by atoms with Crippen LogP contribution in [0.1, 0.15) is 18.4 Å². The van der Waals surface area contributed by atoms with Gasteiger partial charge >= 0.3 is 0 Å². The third-order valence-corrected chi connectivity index (χ3v) is 4.82. The van der Waals surface area contributed by atoms with Crippen LogP contribution in [0.25, 0.3) is 0 Å². The van der Waals surface area contributed by atoms with Crippen molar-refractivity contribution in [1.29, 1.82) is 0 Å². The van der Waals surface area contributed by atoms with E-state index >= 15 is 0 Å². The third-order valence-electron chi connectivity index (χ3n) is 4.82. The number of ether oxygens (including phenoxy) is 3. The van der Waals surface area contributed by atoms with Crippen molar-refractivity contribution < 1.29 is 19.5 Å². The minimum absolute atomic E-state index is 0.0783. The molecule has 4 nitrogen and oxygen atoms in total. The van der Waals surface area contributed by atoms with Gasteiger partial charge in [0.25, 0.3) is 0 Å². The van der Waals surface area contributed by atoms with Gasteiger partial charge in [-0.05, 0) is 18.4 Å². The van der Waals surface area contributed by atoms with E-state index in [1.54, 1.807) is 0 Å². The minimum Gasteiger partial charge on any atom is -0.368 e. The summed E-state index contributed by atoms with van der Waals surface area (Å²) in [5.74, 6) is 0.940. The molecule has 2 N–H and O–H groups in total. The summed E-state index contributed by atoms with van der Waals surface area (Å²) in [5, 5.41) is 2.43. The molecule has 0 spiro atoms. The average molecular weight is 290 g/mol. The number of rotatable bonds is 6. The highest BCUT2D eigenvalue weighted by Gasteiger charge is 2.50. The van der Waals surface area contributed by atoms with Crippen LogP contribution in [0, 0.1) is 5.92 Å². The Labute approximate surface area is 125 Å². The highest BCUT2D eigenvalue weighted by molar-refractivity contribution is 5.13. The summed E-state index contributed by atoms with van der Waals surface area (Å²) in [6.45, 7) is 3.33. The van der Waals surface area contributed by atoms with Crippen LogP contribution in [0.4, 0.5) is 0 Å². The van der Waals surface area contributed by atoms with Crippen molar-refractivity contribution in [3.63, 3.8) is 0 Å². The highest BCUT2D eigenvalue weighted by atomic mass is 16.6. The van der Waals surface area contributed by atoms with Crippen molar-refractivity contribution in [2.45, 2.75) is 43.8 Å². The quantitative estimate of drug-likeness (QED) is 0.839. The van der Waals surface area contributed by atoms with Gasteiger partial charge in [0.1, 0.15) is 31.0 Å².